The van der Waals surface area contributed by atoms with Crippen LogP contribution >= 0.6 is 0 Å². The molecule has 190 valence electrons. The van der Waals surface area contributed by atoms with Crippen molar-refractivity contribution >= 4 is 5.95 Å². The van der Waals surface area contributed by atoms with Crippen molar-refractivity contribution in [2.24, 2.45) is 0 Å². The zero-order valence-electron chi connectivity index (χ0n) is 21.0. The van der Waals surface area contributed by atoms with E-state index < -0.39 is 11.7 Å². The van der Waals surface area contributed by atoms with Crippen LogP contribution in [0.2, 0.25) is 0 Å². The molecule has 0 saturated heterocycles. The number of hydrogen-bond acceptors (Lipinski definition) is 3. The fraction of sp³-hybridized carbons (Fsp3) is 0.467. The largest absolute Gasteiger partial charge is 0.417 e. The smallest absolute Gasteiger partial charge is 0.345 e. The topological polar surface area (TPSA) is 37.8 Å². The Kier molecular flexibility index (Phi) is 6.80. The molecule has 2 aliphatic rings. The van der Waals surface area contributed by atoms with Crippen LogP contribution in [0, 0.1) is 0 Å². The molecule has 36 heavy (non-hydrogen) atoms. The third-order valence-corrected chi connectivity index (χ3v) is 8.24. The summed E-state index contributed by atoms with van der Waals surface area (Å²) in [7, 11) is 0. The predicted octanol–water partition coefficient (Wildman–Crippen LogP) is 8.82. The Balaban J connectivity index is 1.62. The zero-order chi connectivity index (χ0) is 25.3. The summed E-state index contributed by atoms with van der Waals surface area (Å²) in [5.74, 6) is 1.11. The summed E-state index contributed by atoms with van der Waals surface area (Å²) in [6, 6.07) is 16.0. The number of hydrogen-bond donors (Lipinski definition) is 1. The van der Waals surface area contributed by atoms with Gasteiger partial charge in [-0.2, -0.15) is 13.2 Å². The Labute approximate surface area is 211 Å². The summed E-state index contributed by atoms with van der Waals surface area (Å²) in [5.41, 5.74) is 2.89. The first-order valence-electron chi connectivity index (χ1n) is 13.3. The Morgan fingerprint density at radius 2 is 1.67 bits per heavy atom. The number of nitrogens with one attached hydrogen (secondary N) is 1. The van der Waals surface area contributed by atoms with Crippen LogP contribution < -0.4 is 5.32 Å². The SMILES string of the molecule is CCC1CC(CC)(Nc2nc(-c3ccccc3C(F)(F)F)cc(C3CCCCC3)n2)c2ccccc21. The van der Waals surface area contributed by atoms with E-state index in [1.54, 1.807) is 12.1 Å². The van der Waals surface area contributed by atoms with Crippen molar-refractivity contribution in [3.05, 3.63) is 77.0 Å². The highest BCUT2D eigenvalue weighted by Crippen LogP contribution is 2.49. The monoisotopic (exact) mass is 493 g/mol. The molecule has 0 radical (unpaired) electrons. The molecule has 2 aliphatic carbocycles. The summed E-state index contributed by atoms with van der Waals surface area (Å²) >= 11 is 0. The standard InChI is InChI=1S/C30H34F3N3/c1-3-20-19-29(4-2,24-16-10-8-14-22(20)24)36-28-34-26(21-12-6-5-7-13-21)18-27(35-28)23-15-9-11-17-25(23)30(31,32)33/h8-11,14-18,20-21H,3-7,12-13,19H2,1-2H3,(H,34,35,36). The highest BCUT2D eigenvalue weighted by molar-refractivity contribution is 5.66. The second-order valence-electron chi connectivity index (χ2n) is 10.3. The van der Waals surface area contributed by atoms with Gasteiger partial charge in [-0.15, -0.1) is 0 Å². The van der Waals surface area contributed by atoms with E-state index in [1.165, 1.54) is 29.7 Å². The normalized spacial score (nSPS) is 22.4. The summed E-state index contributed by atoms with van der Waals surface area (Å²) < 4.78 is 41.8. The minimum Gasteiger partial charge on any atom is -0.345 e. The van der Waals surface area contributed by atoms with Gasteiger partial charge in [0, 0.05) is 17.2 Å². The maximum Gasteiger partial charge on any atom is 0.417 e. The van der Waals surface area contributed by atoms with Crippen molar-refractivity contribution in [3.8, 4) is 11.3 Å². The first-order chi connectivity index (χ1) is 17.3. The van der Waals surface area contributed by atoms with E-state index in [2.05, 4.69) is 43.4 Å². The lowest BCUT2D eigenvalue weighted by Gasteiger charge is -2.32. The quantitative estimate of drug-likeness (QED) is 0.373. The number of nitrogens with zero attached hydrogens (tertiary/aromatic N) is 2. The second kappa shape index (κ2) is 9.87. The summed E-state index contributed by atoms with van der Waals surface area (Å²) in [5, 5.41) is 3.67. The van der Waals surface area contributed by atoms with Crippen LogP contribution in [0.15, 0.2) is 54.6 Å². The van der Waals surface area contributed by atoms with Crippen LogP contribution in [0.4, 0.5) is 19.1 Å². The van der Waals surface area contributed by atoms with Gasteiger partial charge in [0.25, 0.3) is 0 Å². The van der Waals surface area contributed by atoms with Crippen molar-refractivity contribution in [2.45, 2.75) is 88.8 Å². The summed E-state index contributed by atoms with van der Waals surface area (Å²) in [6.45, 7) is 4.37. The van der Waals surface area contributed by atoms with Gasteiger partial charge >= 0.3 is 6.18 Å². The fourth-order valence-electron chi connectivity index (χ4n) is 6.27. The minimum absolute atomic E-state index is 0.108. The molecule has 3 aromatic rings. The fourth-order valence-corrected chi connectivity index (χ4v) is 6.27. The zero-order valence-corrected chi connectivity index (χ0v) is 21.0. The highest BCUT2D eigenvalue weighted by atomic mass is 19.4. The highest BCUT2D eigenvalue weighted by Gasteiger charge is 2.42. The van der Waals surface area contributed by atoms with Gasteiger partial charge < -0.3 is 5.32 Å². The van der Waals surface area contributed by atoms with Crippen LogP contribution in [0.25, 0.3) is 11.3 Å². The maximum atomic E-state index is 13.9. The molecule has 2 atom stereocenters. The third kappa shape index (κ3) is 4.62. The lowest BCUT2D eigenvalue weighted by atomic mass is 9.86. The van der Waals surface area contributed by atoms with Crippen LogP contribution in [0.3, 0.4) is 0 Å². The van der Waals surface area contributed by atoms with E-state index in [4.69, 9.17) is 9.97 Å². The molecule has 1 fully saturated rings. The Morgan fingerprint density at radius 1 is 0.944 bits per heavy atom. The number of anilines is 1. The van der Waals surface area contributed by atoms with Crippen LogP contribution in [-0.4, -0.2) is 9.97 Å². The van der Waals surface area contributed by atoms with Crippen molar-refractivity contribution in [1.29, 1.82) is 0 Å². The summed E-state index contributed by atoms with van der Waals surface area (Å²) in [6.07, 6.45) is 3.80. The lowest BCUT2D eigenvalue weighted by Crippen LogP contribution is -2.33. The van der Waals surface area contributed by atoms with Gasteiger partial charge in [0.15, 0.2) is 0 Å². The predicted molar refractivity (Wildman–Crippen MR) is 138 cm³/mol. The number of rotatable bonds is 6. The van der Waals surface area contributed by atoms with Gasteiger partial charge in [0.05, 0.1) is 16.8 Å². The van der Waals surface area contributed by atoms with E-state index in [0.29, 0.717) is 17.6 Å². The van der Waals surface area contributed by atoms with Crippen LogP contribution in [-0.2, 0) is 11.7 Å². The Hall–Kier alpha value is -2.89. The molecular formula is C30H34F3N3. The molecular weight excluding hydrogens is 459 g/mol. The average molecular weight is 494 g/mol. The number of benzene rings is 2. The van der Waals surface area contributed by atoms with Crippen LogP contribution in [0.5, 0.6) is 0 Å². The minimum atomic E-state index is -4.45. The first-order valence-corrected chi connectivity index (χ1v) is 13.3. The second-order valence-corrected chi connectivity index (χ2v) is 10.3. The lowest BCUT2D eigenvalue weighted by molar-refractivity contribution is -0.137. The molecule has 1 aromatic heterocycles. The van der Waals surface area contributed by atoms with Gasteiger partial charge in [-0.05, 0) is 61.3 Å². The number of aromatic nitrogens is 2. The van der Waals surface area contributed by atoms with E-state index in [1.807, 2.05) is 0 Å². The summed E-state index contributed by atoms with van der Waals surface area (Å²) in [4.78, 5) is 9.68. The third-order valence-electron chi connectivity index (χ3n) is 8.24. The van der Waals surface area contributed by atoms with Crippen molar-refractivity contribution < 1.29 is 13.2 Å². The van der Waals surface area contributed by atoms with E-state index in [9.17, 15) is 13.2 Å². The molecule has 2 unspecified atom stereocenters. The van der Waals surface area contributed by atoms with Gasteiger partial charge in [-0.3, -0.25) is 0 Å². The molecule has 1 heterocycles. The molecule has 1 saturated carbocycles. The van der Waals surface area contributed by atoms with Crippen molar-refractivity contribution in [3.63, 3.8) is 0 Å². The molecule has 6 heteroatoms. The Bertz CT molecular complexity index is 1220. The maximum absolute atomic E-state index is 13.9. The first kappa shape index (κ1) is 24.8. The number of alkyl halides is 3. The van der Waals surface area contributed by atoms with E-state index >= 15 is 0 Å². The van der Waals surface area contributed by atoms with Gasteiger partial charge in [0.2, 0.25) is 5.95 Å². The van der Waals surface area contributed by atoms with E-state index in [0.717, 1.165) is 56.7 Å². The molecule has 1 N–H and O–H groups in total. The van der Waals surface area contributed by atoms with Gasteiger partial charge in [-0.1, -0.05) is 75.6 Å². The Morgan fingerprint density at radius 3 is 2.39 bits per heavy atom. The number of fused-ring (bicyclic) bond motifs is 1. The molecule has 0 spiro atoms. The van der Waals surface area contributed by atoms with Crippen LogP contribution in [0.1, 0.15) is 99.4 Å². The molecule has 3 nitrogen and oxygen atoms in total. The van der Waals surface area contributed by atoms with Gasteiger partial charge in [0.1, 0.15) is 0 Å². The molecule has 0 bridgehead atoms. The van der Waals surface area contributed by atoms with Crippen molar-refractivity contribution in [2.75, 3.05) is 5.32 Å². The average Bonchev–Trinajstić information content (AvgIpc) is 3.22. The van der Waals surface area contributed by atoms with Crippen molar-refractivity contribution in [1.82, 2.24) is 9.97 Å². The molecule has 0 aliphatic heterocycles. The van der Waals surface area contributed by atoms with Gasteiger partial charge in [-0.25, -0.2) is 9.97 Å². The van der Waals surface area contributed by atoms with E-state index in [-0.39, 0.29) is 17.0 Å². The molecule has 5 rings (SSSR count). The molecule has 2 aromatic carbocycles. The molecule has 0 amide bonds. The number of halogens is 3.